The van der Waals surface area contributed by atoms with E-state index in [-0.39, 0.29) is 30.2 Å². The third-order valence-corrected chi connectivity index (χ3v) is 7.53. The molecule has 0 atom stereocenters. The molecule has 2 amide bonds. The minimum Gasteiger partial charge on any atom is -0.448 e. The summed E-state index contributed by atoms with van der Waals surface area (Å²) in [6.07, 6.45) is -1.20. The van der Waals surface area contributed by atoms with Crippen LogP contribution in [-0.4, -0.2) is 54.3 Å². The highest BCUT2D eigenvalue weighted by Gasteiger charge is 2.33. The molecule has 190 valence electrons. The lowest BCUT2D eigenvalue weighted by Crippen LogP contribution is -2.42. The molecule has 0 spiro atoms. The molecule has 11 heteroatoms. The van der Waals surface area contributed by atoms with Crippen LogP contribution < -0.4 is 9.70 Å². The average molecular weight is 511 g/mol. The Labute approximate surface area is 205 Å². The topological polar surface area (TPSA) is 67.1 Å². The van der Waals surface area contributed by atoms with Gasteiger partial charge in [-0.1, -0.05) is 20.8 Å². The molecule has 35 heavy (non-hydrogen) atoms. The number of thiazole rings is 1. The Morgan fingerprint density at radius 1 is 1.09 bits per heavy atom. The summed E-state index contributed by atoms with van der Waals surface area (Å²) < 4.78 is 47.2. The van der Waals surface area contributed by atoms with E-state index >= 15 is 0 Å². The summed E-state index contributed by atoms with van der Waals surface area (Å²) in [5, 5.41) is 0. The first-order valence-electron chi connectivity index (χ1n) is 11.6. The minimum absolute atomic E-state index is 0.0685. The van der Waals surface area contributed by atoms with E-state index in [4.69, 9.17) is 4.74 Å². The van der Waals surface area contributed by atoms with E-state index in [1.807, 2.05) is 31.9 Å². The number of nitrogens with zero attached hydrogens (tertiary/aromatic N) is 4. The molecule has 2 aliphatic rings. The van der Waals surface area contributed by atoms with Crippen molar-refractivity contribution in [2.45, 2.75) is 51.7 Å². The summed E-state index contributed by atoms with van der Waals surface area (Å²) in [6, 6.07) is 3.24. The zero-order chi connectivity index (χ0) is 25.4. The van der Waals surface area contributed by atoms with Gasteiger partial charge in [-0.15, -0.1) is 11.3 Å². The second-order valence-corrected chi connectivity index (χ2v) is 10.8. The third kappa shape index (κ3) is 5.71. The van der Waals surface area contributed by atoms with Gasteiger partial charge in [0.05, 0.1) is 17.7 Å². The lowest BCUT2D eigenvalue weighted by molar-refractivity contribution is -0.137. The number of carbonyl (C=O) groups is 2. The van der Waals surface area contributed by atoms with E-state index in [1.165, 1.54) is 17.4 Å². The van der Waals surface area contributed by atoms with Gasteiger partial charge in [-0.3, -0.25) is 4.79 Å². The first-order valence-corrected chi connectivity index (χ1v) is 12.4. The maximum atomic E-state index is 13.4. The molecule has 1 aromatic heterocycles. The van der Waals surface area contributed by atoms with Crippen LogP contribution in [0.1, 0.15) is 54.4 Å². The Hall–Kier alpha value is -2.82. The SMILES string of the molecule is CC(C)(C)c1cn(CCOC(=O)N2CCC2)c(=NC(=O)c2cc(C(F)(F)F)ccc2N2CCC2)s1. The lowest BCUT2D eigenvalue weighted by Gasteiger charge is -2.34. The molecule has 0 bridgehead atoms. The summed E-state index contributed by atoms with van der Waals surface area (Å²) in [7, 11) is 0. The van der Waals surface area contributed by atoms with Gasteiger partial charge >= 0.3 is 12.3 Å². The predicted molar refractivity (Wildman–Crippen MR) is 127 cm³/mol. The smallest absolute Gasteiger partial charge is 0.416 e. The van der Waals surface area contributed by atoms with Crippen molar-refractivity contribution in [3.05, 3.63) is 45.2 Å². The molecule has 7 nitrogen and oxygen atoms in total. The molecule has 2 aliphatic heterocycles. The van der Waals surface area contributed by atoms with E-state index in [9.17, 15) is 22.8 Å². The third-order valence-electron chi connectivity index (χ3n) is 6.08. The number of hydrogen-bond acceptors (Lipinski definition) is 5. The van der Waals surface area contributed by atoms with Crippen LogP contribution in [-0.2, 0) is 22.9 Å². The Morgan fingerprint density at radius 3 is 2.31 bits per heavy atom. The number of aromatic nitrogens is 1. The fourth-order valence-electron chi connectivity index (χ4n) is 3.66. The molecular weight excluding hydrogens is 481 g/mol. The Bertz CT molecular complexity index is 1170. The quantitative estimate of drug-likeness (QED) is 0.587. The van der Waals surface area contributed by atoms with Gasteiger partial charge in [0.25, 0.3) is 5.91 Å². The first kappa shape index (κ1) is 25.3. The summed E-state index contributed by atoms with van der Waals surface area (Å²) in [4.78, 5) is 34.3. The Morgan fingerprint density at radius 2 is 1.77 bits per heavy atom. The molecule has 2 aromatic rings. The second kappa shape index (κ2) is 9.67. The van der Waals surface area contributed by atoms with E-state index < -0.39 is 17.6 Å². The molecule has 0 unspecified atom stereocenters. The summed E-state index contributed by atoms with van der Waals surface area (Å²) >= 11 is 1.30. The molecule has 0 radical (unpaired) electrons. The largest absolute Gasteiger partial charge is 0.448 e. The summed E-state index contributed by atoms with van der Waals surface area (Å²) in [5.74, 6) is -0.730. The number of likely N-dealkylation sites (tertiary alicyclic amines) is 1. The Balaban J connectivity index is 1.65. The van der Waals surface area contributed by atoms with Crippen molar-refractivity contribution in [3.8, 4) is 0 Å². The fraction of sp³-hybridized carbons (Fsp3) is 0.542. The van der Waals surface area contributed by atoms with Crippen LogP contribution in [0, 0.1) is 0 Å². The number of ether oxygens (including phenoxy) is 1. The maximum Gasteiger partial charge on any atom is 0.416 e. The van der Waals surface area contributed by atoms with E-state index in [1.54, 1.807) is 9.47 Å². The molecule has 3 heterocycles. The number of anilines is 1. The molecular formula is C24H29F3N4O3S. The van der Waals surface area contributed by atoms with Crippen LogP contribution in [0.2, 0.25) is 0 Å². The van der Waals surface area contributed by atoms with Gasteiger partial charge in [0.15, 0.2) is 4.80 Å². The minimum atomic E-state index is -4.56. The normalized spacial score (nSPS) is 16.7. The molecule has 0 N–H and O–H groups in total. The van der Waals surface area contributed by atoms with Crippen molar-refractivity contribution in [1.82, 2.24) is 9.47 Å². The molecule has 1 aromatic carbocycles. The highest BCUT2D eigenvalue weighted by Crippen LogP contribution is 2.34. The second-order valence-electron chi connectivity index (χ2n) is 9.76. The van der Waals surface area contributed by atoms with Crippen molar-refractivity contribution < 1.29 is 27.5 Å². The van der Waals surface area contributed by atoms with Gasteiger partial charge in [0.2, 0.25) is 0 Å². The fourth-order valence-corrected chi connectivity index (χ4v) is 4.73. The van der Waals surface area contributed by atoms with Crippen molar-refractivity contribution in [2.24, 2.45) is 4.99 Å². The molecule has 4 rings (SSSR count). The lowest BCUT2D eigenvalue weighted by atomic mass is 9.95. The van der Waals surface area contributed by atoms with Crippen molar-refractivity contribution in [1.29, 1.82) is 0 Å². The number of hydrogen-bond donors (Lipinski definition) is 0. The highest BCUT2D eigenvalue weighted by molar-refractivity contribution is 7.09. The monoisotopic (exact) mass is 510 g/mol. The number of carbonyl (C=O) groups excluding carboxylic acids is 2. The molecule has 0 aliphatic carbocycles. The van der Waals surface area contributed by atoms with Gasteiger partial charge < -0.3 is 19.1 Å². The molecule has 2 saturated heterocycles. The van der Waals surface area contributed by atoms with Crippen LogP contribution in [0.3, 0.4) is 0 Å². The van der Waals surface area contributed by atoms with Gasteiger partial charge in [0, 0.05) is 42.9 Å². The Kier molecular flexibility index (Phi) is 6.99. The first-order chi connectivity index (χ1) is 16.4. The van der Waals surface area contributed by atoms with Crippen molar-refractivity contribution in [3.63, 3.8) is 0 Å². The summed E-state index contributed by atoms with van der Waals surface area (Å²) in [5.41, 5.74) is -0.717. The van der Waals surface area contributed by atoms with Crippen molar-refractivity contribution in [2.75, 3.05) is 37.7 Å². The number of benzene rings is 1. The van der Waals surface area contributed by atoms with E-state index in [0.717, 1.165) is 29.9 Å². The van der Waals surface area contributed by atoms with Gasteiger partial charge in [0.1, 0.15) is 6.61 Å². The zero-order valence-electron chi connectivity index (χ0n) is 20.0. The average Bonchev–Trinajstić information content (AvgIpc) is 3.08. The van der Waals surface area contributed by atoms with Gasteiger partial charge in [-0.25, -0.2) is 4.79 Å². The standard InChI is InChI=1S/C24H29F3N4O3S/c1-23(2,3)19-15-31(12-13-34-22(33)30-10-5-11-30)21(35-19)28-20(32)17-14-16(24(25,26)27)6-7-18(17)29-8-4-9-29/h6-7,14-15H,4-5,8-13H2,1-3H3. The maximum absolute atomic E-state index is 13.4. The zero-order valence-corrected chi connectivity index (χ0v) is 20.8. The van der Waals surface area contributed by atoms with Crippen LogP contribution in [0.5, 0.6) is 0 Å². The number of rotatable bonds is 5. The number of halogens is 3. The van der Waals surface area contributed by atoms with Crippen LogP contribution in [0.4, 0.5) is 23.7 Å². The number of amides is 2. The highest BCUT2D eigenvalue weighted by atomic mass is 32.1. The van der Waals surface area contributed by atoms with Gasteiger partial charge in [-0.2, -0.15) is 18.2 Å². The molecule has 0 saturated carbocycles. The van der Waals surface area contributed by atoms with E-state index in [0.29, 0.717) is 36.7 Å². The van der Waals surface area contributed by atoms with Crippen LogP contribution in [0.25, 0.3) is 0 Å². The number of alkyl halides is 3. The predicted octanol–water partition coefficient (Wildman–Crippen LogP) is 4.66. The van der Waals surface area contributed by atoms with Crippen LogP contribution in [0.15, 0.2) is 29.4 Å². The summed E-state index contributed by atoms with van der Waals surface area (Å²) in [6.45, 7) is 9.17. The van der Waals surface area contributed by atoms with Crippen molar-refractivity contribution >= 4 is 29.0 Å². The van der Waals surface area contributed by atoms with Crippen LogP contribution >= 0.6 is 11.3 Å². The van der Waals surface area contributed by atoms with Gasteiger partial charge in [-0.05, 0) is 36.5 Å². The van der Waals surface area contributed by atoms with E-state index in [2.05, 4.69) is 4.99 Å². The molecule has 2 fully saturated rings.